The Kier molecular flexibility index (Phi) is 5.03. The summed E-state index contributed by atoms with van der Waals surface area (Å²) < 4.78 is 0. The fraction of sp³-hybridized carbons (Fsp3) is 0.357. The molecule has 0 aliphatic carbocycles. The average Bonchev–Trinajstić information content (AvgIpc) is 2.86. The molecule has 0 unspecified atom stereocenters. The zero-order valence-electron chi connectivity index (χ0n) is 10.9. The van der Waals surface area contributed by atoms with Crippen molar-refractivity contribution in [3.63, 3.8) is 0 Å². The molecule has 2 heterocycles. The number of hydrogen-bond donors (Lipinski definition) is 1. The molecule has 2 rings (SSSR count). The highest BCUT2D eigenvalue weighted by molar-refractivity contribution is 7.09. The molecule has 19 heavy (non-hydrogen) atoms. The quantitative estimate of drug-likeness (QED) is 0.880. The second-order valence-corrected chi connectivity index (χ2v) is 5.20. The standard InChI is InChI=1S/C14H17N3OS/c1-2-5-14-17-12(10-19-14)9-16-13(18)8-11-6-3-4-7-15-11/h3-4,6-7,10H,2,5,8-9H2,1H3,(H,16,18). The first kappa shape index (κ1) is 13.7. The molecular weight excluding hydrogens is 258 g/mol. The molecule has 1 amide bonds. The second kappa shape index (κ2) is 6.99. The smallest absolute Gasteiger partial charge is 0.226 e. The normalized spacial score (nSPS) is 10.4. The SMILES string of the molecule is CCCc1nc(CNC(=O)Cc2ccccn2)cs1. The first-order valence-electron chi connectivity index (χ1n) is 6.38. The van der Waals surface area contributed by atoms with Crippen LogP contribution in [0.5, 0.6) is 0 Å². The van der Waals surface area contributed by atoms with Gasteiger partial charge in [0.2, 0.25) is 5.91 Å². The molecule has 0 saturated heterocycles. The second-order valence-electron chi connectivity index (χ2n) is 4.26. The van der Waals surface area contributed by atoms with Crippen molar-refractivity contribution in [3.8, 4) is 0 Å². The van der Waals surface area contributed by atoms with Crippen molar-refractivity contribution < 1.29 is 4.79 Å². The van der Waals surface area contributed by atoms with E-state index in [-0.39, 0.29) is 5.91 Å². The molecule has 0 bridgehead atoms. The molecule has 5 heteroatoms. The van der Waals surface area contributed by atoms with Crippen LogP contribution in [-0.2, 0) is 24.2 Å². The Morgan fingerprint density at radius 3 is 3.00 bits per heavy atom. The van der Waals surface area contributed by atoms with Gasteiger partial charge in [-0.05, 0) is 25.0 Å². The van der Waals surface area contributed by atoms with Gasteiger partial charge in [0.05, 0.1) is 23.7 Å². The minimum Gasteiger partial charge on any atom is -0.350 e. The number of nitrogens with zero attached hydrogens (tertiary/aromatic N) is 2. The predicted molar refractivity (Wildman–Crippen MR) is 75.9 cm³/mol. The number of aromatic nitrogens is 2. The molecule has 1 N–H and O–H groups in total. The number of carbonyl (C=O) groups is 1. The van der Waals surface area contributed by atoms with Crippen LogP contribution in [0.4, 0.5) is 0 Å². The minimum atomic E-state index is -0.0243. The first-order chi connectivity index (χ1) is 9.28. The van der Waals surface area contributed by atoms with E-state index in [2.05, 4.69) is 22.2 Å². The highest BCUT2D eigenvalue weighted by Gasteiger charge is 2.06. The van der Waals surface area contributed by atoms with Crippen molar-refractivity contribution in [3.05, 3.63) is 46.2 Å². The summed E-state index contributed by atoms with van der Waals surface area (Å²) in [7, 11) is 0. The molecule has 0 aliphatic heterocycles. The summed E-state index contributed by atoms with van der Waals surface area (Å²) in [4.78, 5) is 20.3. The lowest BCUT2D eigenvalue weighted by Crippen LogP contribution is -2.25. The molecule has 0 aliphatic rings. The van der Waals surface area contributed by atoms with E-state index in [1.54, 1.807) is 17.5 Å². The highest BCUT2D eigenvalue weighted by Crippen LogP contribution is 2.11. The maximum absolute atomic E-state index is 11.7. The molecule has 0 fully saturated rings. The van der Waals surface area contributed by atoms with Crippen molar-refractivity contribution in [1.82, 2.24) is 15.3 Å². The zero-order chi connectivity index (χ0) is 13.5. The van der Waals surface area contributed by atoms with Gasteiger partial charge < -0.3 is 5.32 Å². The van der Waals surface area contributed by atoms with Crippen LogP contribution in [0.1, 0.15) is 29.7 Å². The van der Waals surface area contributed by atoms with Gasteiger partial charge in [0, 0.05) is 17.3 Å². The molecule has 2 aromatic rings. The van der Waals surface area contributed by atoms with Gasteiger partial charge in [-0.3, -0.25) is 9.78 Å². The zero-order valence-corrected chi connectivity index (χ0v) is 11.7. The third kappa shape index (κ3) is 4.44. The summed E-state index contributed by atoms with van der Waals surface area (Å²) in [5.41, 5.74) is 1.72. The summed E-state index contributed by atoms with van der Waals surface area (Å²) in [6.07, 6.45) is 4.11. The number of nitrogens with one attached hydrogen (secondary N) is 1. The summed E-state index contributed by atoms with van der Waals surface area (Å²) in [6.45, 7) is 2.63. The van der Waals surface area contributed by atoms with Crippen molar-refractivity contribution in [2.75, 3.05) is 0 Å². The van der Waals surface area contributed by atoms with E-state index in [0.29, 0.717) is 13.0 Å². The Labute approximate surface area is 116 Å². The largest absolute Gasteiger partial charge is 0.350 e. The monoisotopic (exact) mass is 275 g/mol. The lowest BCUT2D eigenvalue weighted by molar-refractivity contribution is -0.120. The molecule has 0 radical (unpaired) electrons. The molecule has 0 spiro atoms. The van der Waals surface area contributed by atoms with Crippen molar-refractivity contribution >= 4 is 17.2 Å². The summed E-state index contributed by atoms with van der Waals surface area (Å²) in [5.74, 6) is -0.0243. The molecule has 4 nitrogen and oxygen atoms in total. The van der Waals surface area contributed by atoms with Crippen LogP contribution < -0.4 is 5.32 Å². The van der Waals surface area contributed by atoms with Gasteiger partial charge in [-0.15, -0.1) is 11.3 Å². The van der Waals surface area contributed by atoms with Crippen LogP contribution in [0.15, 0.2) is 29.8 Å². The van der Waals surface area contributed by atoms with Crippen LogP contribution in [0.25, 0.3) is 0 Å². The fourth-order valence-corrected chi connectivity index (χ4v) is 2.58. The maximum atomic E-state index is 11.7. The van der Waals surface area contributed by atoms with Crippen LogP contribution in [0.3, 0.4) is 0 Å². The number of carbonyl (C=O) groups excluding carboxylic acids is 1. The van der Waals surface area contributed by atoms with E-state index in [0.717, 1.165) is 29.2 Å². The molecule has 2 aromatic heterocycles. The number of aryl methyl sites for hydroxylation is 1. The molecular formula is C14H17N3OS. The maximum Gasteiger partial charge on any atom is 0.226 e. The van der Waals surface area contributed by atoms with Crippen LogP contribution in [0.2, 0.25) is 0 Å². The third-order valence-corrected chi connectivity index (χ3v) is 3.56. The van der Waals surface area contributed by atoms with Crippen molar-refractivity contribution in [2.45, 2.75) is 32.7 Å². The van der Waals surface area contributed by atoms with Crippen LogP contribution in [0, 0.1) is 0 Å². The lowest BCUT2D eigenvalue weighted by atomic mass is 10.2. The highest BCUT2D eigenvalue weighted by atomic mass is 32.1. The molecule has 0 saturated carbocycles. The molecule has 0 aromatic carbocycles. The van der Waals surface area contributed by atoms with Gasteiger partial charge in [-0.25, -0.2) is 4.98 Å². The van der Waals surface area contributed by atoms with Gasteiger partial charge >= 0.3 is 0 Å². The molecule has 0 atom stereocenters. The average molecular weight is 275 g/mol. The fourth-order valence-electron chi connectivity index (χ4n) is 1.68. The number of thiazole rings is 1. The van der Waals surface area contributed by atoms with Gasteiger partial charge in [0.15, 0.2) is 0 Å². The van der Waals surface area contributed by atoms with Gasteiger partial charge in [0.1, 0.15) is 0 Å². The Hall–Kier alpha value is -1.75. The van der Waals surface area contributed by atoms with Crippen molar-refractivity contribution in [1.29, 1.82) is 0 Å². The topological polar surface area (TPSA) is 54.9 Å². The van der Waals surface area contributed by atoms with Gasteiger partial charge in [-0.1, -0.05) is 13.0 Å². The Morgan fingerprint density at radius 1 is 1.37 bits per heavy atom. The van der Waals surface area contributed by atoms with Gasteiger partial charge in [-0.2, -0.15) is 0 Å². The Bertz CT molecular complexity index is 524. The Morgan fingerprint density at radius 2 is 2.26 bits per heavy atom. The van der Waals surface area contributed by atoms with Gasteiger partial charge in [0.25, 0.3) is 0 Å². The number of hydrogen-bond acceptors (Lipinski definition) is 4. The predicted octanol–water partition coefficient (Wildman–Crippen LogP) is 2.35. The van der Waals surface area contributed by atoms with Crippen LogP contribution >= 0.6 is 11.3 Å². The van der Waals surface area contributed by atoms with E-state index in [4.69, 9.17) is 0 Å². The van der Waals surface area contributed by atoms with E-state index < -0.39 is 0 Å². The van der Waals surface area contributed by atoms with E-state index >= 15 is 0 Å². The first-order valence-corrected chi connectivity index (χ1v) is 7.25. The summed E-state index contributed by atoms with van der Waals surface area (Å²) >= 11 is 1.66. The molecule has 100 valence electrons. The number of rotatable bonds is 6. The van der Waals surface area contributed by atoms with E-state index in [9.17, 15) is 4.79 Å². The summed E-state index contributed by atoms with van der Waals surface area (Å²) in [6, 6.07) is 5.57. The lowest BCUT2D eigenvalue weighted by Gasteiger charge is -2.02. The Balaban J connectivity index is 1.79. The minimum absolute atomic E-state index is 0.0243. The van der Waals surface area contributed by atoms with E-state index in [1.807, 2.05) is 23.6 Å². The number of pyridine rings is 1. The van der Waals surface area contributed by atoms with Crippen LogP contribution in [-0.4, -0.2) is 15.9 Å². The van der Waals surface area contributed by atoms with Crippen molar-refractivity contribution in [2.24, 2.45) is 0 Å². The van der Waals surface area contributed by atoms with E-state index in [1.165, 1.54) is 0 Å². The number of amides is 1. The summed E-state index contributed by atoms with van der Waals surface area (Å²) in [5, 5.41) is 6.01. The third-order valence-electron chi connectivity index (χ3n) is 2.60.